The number of aromatic nitrogens is 2. The van der Waals surface area contributed by atoms with Crippen molar-refractivity contribution in [3.8, 4) is 0 Å². The molecule has 2 rings (SSSR count). The maximum absolute atomic E-state index is 11.9. The smallest absolute Gasteiger partial charge is 0.225 e. The lowest BCUT2D eigenvalue weighted by atomic mass is 10.1. The van der Waals surface area contributed by atoms with E-state index in [1.165, 1.54) is 11.5 Å². The monoisotopic (exact) mass is 254 g/mol. The minimum Gasteiger partial charge on any atom is -0.355 e. The standard InChI is InChI=1S/C11H18N4OS/c1-7-12-10(17-14-7)13-8-5-9(16)15(6-8)11(2,3)4/h8H,5-6H2,1-4H3,(H,12,13,14)/t8-/m1/s1. The van der Waals surface area contributed by atoms with Crippen molar-refractivity contribution in [1.29, 1.82) is 0 Å². The maximum Gasteiger partial charge on any atom is 0.225 e. The third-order valence-corrected chi connectivity index (χ3v) is 3.53. The highest BCUT2D eigenvalue weighted by Crippen LogP contribution is 2.24. The molecule has 0 bridgehead atoms. The fourth-order valence-electron chi connectivity index (χ4n) is 1.98. The lowest BCUT2D eigenvalue weighted by Gasteiger charge is -2.32. The number of rotatable bonds is 2. The van der Waals surface area contributed by atoms with Gasteiger partial charge in [0.05, 0.1) is 6.04 Å². The number of hydrogen-bond acceptors (Lipinski definition) is 5. The zero-order chi connectivity index (χ0) is 12.6. The van der Waals surface area contributed by atoms with Crippen molar-refractivity contribution in [3.63, 3.8) is 0 Å². The van der Waals surface area contributed by atoms with E-state index in [1.807, 2.05) is 11.8 Å². The first-order chi connectivity index (χ1) is 7.86. The summed E-state index contributed by atoms with van der Waals surface area (Å²) in [5, 5.41) is 4.08. The van der Waals surface area contributed by atoms with Crippen molar-refractivity contribution < 1.29 is 4.79 Å². The van der Waals surface area contributed by atoms with E-state index in [0.717, 1.165) is 17.5 Å². The molecule has 2 heterocycles. The van der Waals surface area contributed by atoms with E-state index in [1.54, 1.807) is 0 Å². The molecule has 17 heavy (non-hydrogen) atoms. The van der Waals surface area contributed by atoms with Gasteiger partial charge in [-0.25, -0.2) is 4.98 Å². The number of anilines is 1. The van der Waals surface area contributed by atoms with Crippen LogP contribution in [0.4, 0.5) is 5.13 Å². The summed E-state index contributed by atoms with van der Waals surface area (Å²) in [6, 6.07) is 0.147. The highest BCUT2D eigenvalue weighted by molar-refractivity contribution is 7.09. The van der Waals surface area contributed by atoms with Gasteiger partial charge in [0, 0.05) is 30.0 Å². The Kier molecular flexibility index (Phi) is 3.07. The molecule has 1 aliphatic rings. The molecule has 1 aromatic rings. The fraction of sp³-hybridized carbons (Fsp3) is 0.727. The average Bonchev–Trinajstić information content (AvgIpc) is 2.72. The number of hydrogen-bond donors (Lipinski definition) is 1. The van der Waals surface area contributed by atoms with Gasteiger partial charge in [-0.2, -0.15) is 4.37 Å². The van der Waals surface area contributed by atoms with Crippen LogP contribution in [-0.2, 0) is 4.79 Å². The molecule has 1 fully saturated rings. The SMILES string of the molecule is Cc1nsc(N[C@@H]2CC(=O)N(C(C)(C)C)C2)n1. The Labute approximate surface area is 105 Å². The molecular formula is C11H18N4OS. The largest absolute Gasteiger partial charge is 0.355 e. The second kappa shape index (κ2) is 4.25. The summed E-state index contributed by atoms with van der Waals surface area (Å²) >= 11 is 1.34. The van der Waals surface area contributed by atoms with Gasteiger partial charge in [0.25, 0.3) is 0 Å². The lowest BCUT2D eigenvalue weighted by Crippen LogP contribution is -2.43. The van der Waals surface area contributed by atoms with Gasteiger partial charge in [0.2, 0.25) is 11.0 Å². The molecule has 0 saturated carbocycles. The molecule has 6 heteroatoms. The Bertz CT molecular complexity index is 423. The second-order valence-electron chi connectivity index (χ2n) is 5.37. The molecule has 1 aliphatic heterocycles. The Morgan fingerprint density at radius 1 is 1.47 bits per heavy atom. The van der Waals surface area contributed by atoms with E-state index in [9.17, 15) is 4.79 Å². The van der Waals surface area contributed by atoms with E-state index >= 15 is 0 Å². The summed E-state index contributed by atoms with van der Waals surface area (Å²) in [5.41, 5.74) is -0.107. The lowest BCUT2D eigenvalue weighted by molar-refractivity contribution is -0.131. The van der Waals surface area contributed by atoms with Crippen LogP contribution in [0.25, 0.3) is 0 Å². The molecule has 1 amide bonds. The van der Waals surface area contributed by atoms with Crippen LogP contribution in [0.15, 0.2) is 0 Å². The molecule has 1 N–H and O–H groups in total. The predicted molar refractivity (Wildman–Crippen MR) is 68.1 cm³/mol. The molecule has 94 valence electrons. The van der Waals surface area contributed by atoms with Crippen molar-refractivity contribution in [2.75, 3.05) is 11.9 Å². The van der Waals surface area contributed by atoms with Crippen LogP contribution >= 0.6 is 11.5 Å². The van der Waals surface area contributed by atoms with Crippen LogP contribution in [0.5, 0.6) is 0 Å². The summed E-state index contributed by atoms with van der Waals surface area (Å²) in [5.74, 6) is 0.978. The number of nitrogens with zero attached hydrogens (tertiary/aromatic N) is 3. The fourth-order valence-corrected chi connectivity index (χ4v) is 2.63. The summed E-state index contributed by atoms with van der Waals surface area (Å²) in [7, 11) is 0. The Morgan fingerprint density at radius 3 is 2.65 bits per heavy atom. The van der Waals surface area contributed by atoms with Gasteiger partial charge in [-0.3, -0.25) is 4.79 Å². The summed E-state index contributed by atoms with van der Waals surface area (Å²) in [6.45, 7) is 8.77. The van der Waals surface area contributed by atoms with Crippen LogP contribution < -0.4 is 5.32 Å². The Balaban J connectivity index is 2.00. The van der Waals surface area contributed by atoms with Crippen molar-refractivity contribution in [2.24, 2.45) is 0 Å². The predicted octanol–water partition coefficient (Wildman–Crippen LogP) is 1.66. The van der Waals surface area contributed by atoms with Crippen LogP contribution in [0.3, 0.4) is 0 Å². The Morgan fingerprint density at radius 2 is 2.18 bits per heavy atom. The van der Waals surface area contributed by atoms with E-state index in [0.29, 0.717) is 6.42 Å². The third-order valence-electron chi connectivity index (χ3n) is 2.79. The van der Waals surface area contributed by atoms with Crippen molar-refractivity contribution >= 4 is 22.6 Å². The number of carbonyl (C=O) groups excluding carboxylic acids is 1. The van der Waals surface area contributed by atoms with E-state index in [4.69, 9.17) is 0 Å². The minimum absolute atomic E-state index is 0.107. The van der Waals surface area contributed by atoms with Gasteiger partial charge < -0.3 is 10.2 Å². The number of aryl methyl sites for hydroxylation is 1. The topological polar surface area (TPSA) is 58.1 Å². The maximum atomic E-state index is 11.9. The highest BCUT2D eigenvalue weighted by atomic mass is 32.1. The molecule has 1 saturated heterocycles. The molecular weight excluding hydrogens is 236 g/mol. The van der Waals surface area contributed by atoms with E-state index in [2.05, 4.69) is 35.4 Å². The third kappa shape index (κ3) is 2.74. The second-order valence-corrected chi connectivity index (χ2v) is 6.12. The normalized spacial score (nSPS) is 21.1. The van der Waals surface area contributed by atoms with Gasteiger partial charge in [-0.05, 0) is 27.7 Å². The molecule has 0 spiro atoms. The first kappa shape index (κ1) is 12.3. The molecule has 0 unspecified atom stereocenters. The van der Waals surface area contributed by atoms with Gasteiger partial charge in [-0.15, -0.1) is 0 Å². The van der Waals surface area contributed by atoms with Gasteiger partial charge in [0.15, 0.2) is 0 Å². The molecule has 1 atom stereocenters. The quantitative estimate of drug-likeness (QED) is 0.872. The zero-order valence-electron chi connectivity index (χ0n) is 10.6. The number of nitrogens with one attached hydrogen (secondary N) is 1. The molecule has 0 radical (unpaired) electrons. The van der Waals surface area contributed by atoms with Crippen molar-refractivity contribution in [2.45, 2.75) is 45.7 Å². The molecule has 0 aliphatic carbocycles. The van der Waals surface area contributed by atoms with Gasteiger partial charge >= 0.3 is 0 Å². The molecule has 5 nitrogen and oxygen atoms in total. The number of likely N-dealkylation sites (tertiary alicyclic amines) is 1. The van der Waals surface area contributed by atoms with Gasteiger partial charge in [0.1, 0.15) is 5.82 Å². The van der Waals surface area contributed by atoms with Crippen molar-refractivity contribution in [1.82, 2.24) is 14.3 Å². The first-order valence-electron chi connectivity index (χ1n) is 5.73. The summed E-state index contributed by atoms with van der Waals surface area (Å²) in [4.78, 5) is 18.0. The van der Waals surface area contributed by atoms with E-state index < -0.39 is 0 Å². The zero-order valence-corrected chi connectivity index (χ0v) is 11.5. The Hall–Kier alpha value is -1.17. The van der Waals surface area contributed by atoms with Crippen LogP contribution in [0.2, 0.25) is 0 Å². The average molecular weight is 254 g/mol. The van der Waals surface area contributed by atoms with Crippen molar-refractivity contribution in [3.05, 3.63) is 5.82 Å². The minimum atomic E-state index is -0.107. The summed E-state index contributed by atoms with van der Waals surface area (Å²) in [6.07, 6.45) is 0.538. The summed E-state index contributed by atoms with van der Waals surface area (Å²) < 4.78 is 4.12. The van der Waals surface area contributed by atoms with E-state index in [-0.39, 0.29) is 17.5 Å². The highest BCUT2D eigenvalue weighted by Gasteiger charge is 2.36. The van der Waals surface area contributed by atoms with Gasteiger partial charge in [-0.1, -0.05) is 0 Å². The molecule has 1 aromatic heterocycles. The molecule has 0 aromatic carbocycles. The van der Waals surface area contributed by atoms with Crippen LogP contribution in [0.1, 0.15) is 33.0 Å². The number of amides is 1. The number of carbonyl (C=O) groups is 1. The van der Waals surface area contributed by atoms with Crippen LogP contribution in [0, 0.1) is 6.92 Å². The van der Waals surface area contributed by atoms with Crippen LogP contribution in [-0.4, -0.2) is 38.3 Å². The first-order valence-corrected chi connectivity index (χ1v) is 6.51.